The fourth-order valence-corrected chi connectivity index (χ4v) is 14.4. The number of allylic oxidation sites excluding steroid dienone is 4. The molecular formula is C48H78O17. The monoisotopic (exact) mass is 927 g/mol. The van der Waals surface area contributed by atoms with Gasteiger partial charge >= 0.3 is 0 Å². The Morgan fingerprint density at radius 1 is 0.615 bits per heavy atom. The van der Waals surface area contributed by atoms with Crippen LogP contribution in [-0.2, 0) is 28.4 Å². The molecule has 8 aliphatic rings. The predicted molar refractivity (Wildman–Crippen MR) is 230 cm³/mol. The van der Waals surface area contributed by atoms with Crippen molar-refractivity contribution in [1.82, 2.24) is 0 Å². The van der Waals surface area contributed by atoms with Gasteiger partial charge in [-0.3, -0.25) is 0 Å². The van der Waals surface area contributed by atoms with Crippen molar-refractivity contribution in [2.24, 2.45) is 44.3 Å². The highest BCUT2D eigenvalue weighted by Crippen LogP contribution is 2.74. The van der Waals surface area contributed by atoms with Crippen molar-refractivity contribution in [2.45, 2.75) is 211 Å². The smallest absolute Gasteiger partial charge is 0.187 e. The van der Waals surface area contributed by atoms with Crippen LogP contribution in [0, 0.1) is 44.3 Å². The van der Waals surface area contributed by atoms with E-state index in [1.165, 1.54) is 18.1 Å². The minimum Gasteiger partial charge on any atom is -0.396 e. The Kier molecular flexibility index (Phi) is 13.6. The lowest BCUT2D eigenvalue weighted by atomic mass is 9.35. The van der Waals surface area contributed by atoms with E-state index in [0.717, 1.165) is 38.5 Å². The van der Waals surface area contributed by atoms with Crippen molar-refractivity contribution in [1.29, 1.82) is 0 Å². The highest BCUT2D eigenvalue weighted by atomic mass is 16.8. The average molecular weight is 927 g/mol. The molecule has 0 aromatic rings. The van der Waals surface area contributed by atoms with Gasteiger partial charge in [0.1, 0.15) is 67.1 Å². The zero-order valence-electron chi connectivity index (χ0n) is 39.3. The van der Waals surface area contributed by atoms with E-state index in [0.29, 0.717) is 12.8 Å². The van der Waals surface area contributed by atoms with Crippen molar-refractivity contribution in [3.05, 3.63) is 23.3 Å². The third-order valence-electron chi connectivity index (χ3n) is 18.8. The summed E-state index contributed by atoms with van der Waals surface area (Å²) in [6, 6.07) is 0. The van der Waals surface area contributed by atoms with Crippen LogP contribution in [-0.4, -0.2) is 180 Å². The molecule has 5 aliphatic carbocycles. The van der Waals surface area contributed by atoms with E-state index in [-0.39, 0.29) is 40.1 Å². The minimum absolute atomic E-state index is 0.0341. The Hall–Kier alpha value is -1.20. The topological polar surface area (TPSA) is 278 Å². The van der Waals surface area contributed by atoms with Gasteiger partial charge in [-0.2, -0.15) is 0 Å². The van der Waals surface area contributed by atoms with Gasteiger partial charge in [0.2, 0.25) is 0 Å². The van der Waals surface area contributed by atoms with E-state index in [2.05, 4.69) is 60.6 Å². The van der Waals surface area contributed by atoms with Crippen LogP contribution in [0.25, 0.3) is 0 Å². The molecule has 0 unspecified atom stereocenters. The van der Waals surface area contributed by atoms with Gasteiger partial charge < -0.3 is 84.6 Å². The summed E-state index contributed by atoms with van der Waals surface area (Å²) in [7, 11) is 0. The van der Waals surface area contributed by atoms with Gasteiger partial charge in [0, 0.05) is 10.8 Å². The van der Waals surface area contributed by atoms with Gasteiger partial charge in [-0.1, -0.05) is 71.8 Å². The lowest BCUT2D eigenvalue weighted by molar-refractivity contribution is -0.373. The molecule has 17 heteroatoms. The Morgan fingerprint density at radius 2 is 1.25 bits per heavy atom. The fraction of sp³-hybridized carbons (Fsp3) is 0.917. The first-order valence-corrected chi connectivity index (χ1v) is 24.0. The fourth-order valence-electron chi connectivity index (χ4n) is 14.4. The van der Waals surface area contributed by atoms with E-state index in [1.807, 2.05) is 0 Å². The molecule has 0 radical (unpaired) electrons. The molecule has 11 N–H and O–H groups in total. The first-order valence-electron chi connectivity index (χ1n) is 24.0. The Morgan fingerprint density at radius 3 is 1.92 bits per heavy atom. The Labute approximate surface area is 382 Å². The van der Waals surface area contributed by atoms with Crippen molar-refractivity contribution in [2.75, 3.05) is 19.8 Å². The number of rotatable bonds is 9. The van der Waals surface area contributed by atoms with Crippen molar-refractivity contribution < 1.29 is 84.6 Å². The maximum absolute atomic E-state index is 12.1. The summed E-state index contributed by atoms with van der Waals surface area (Å²) in [4.78, 5) is 0. The SMILES string of the molecule is C[C@H]1O[C@H](O[C@@H]2[C@@H](O)[C@H](O)[C@@H](O[C@@H]3CC[C@@]4(C)C5=CC=C6[C@H]7CC(C)(C)CC[C@@]7(CO)[C@H](O)C[C@]6(C)[C@@]5(C)CC[C@@H]4C3(C)C)O[C@H]2CO[C@H]2O[C@@H](CO)[C@H](O)[C@@H](O)[C@@H]2O)[C@@H](O)[C@@H](O)[C@@H]1O. The van der Waals surface area contributed by atoms with Crippen LogP contribution in [0.5, 0.6) is 0 Å². The van der Waals surface area contributed by atoms with Gasteiger partial charge in [0.15, 0.2) is 18.9 Å². The standard InChI is InChI=1S/C48H78O17/c1-22-31(52)33(54)37(58)41(61-22)65-39-26(20-60-40-36(57)34(55)32(53)25(19-49)62-40)63-42(38(59)35(39)56)64-30-12-13-45(6)27(44(30,4)5)11-14-46(7)28(45)10-9-23-24-17-43(2,3)15-16-48(24,21-50)29(51)18-47(23,46)8/h9-10,22,24-27,29-42,49-59H,11-21H2,1-8H3/t22-,24-,25+,26+,27-,29-,30-,31-,32+,33+,34-,35+,36+,37+,38+,39+,40+,41-,42-,45-,46+,47+,48+/m1/s1. The summed E-state index contributed by atoms with van der Waals surface area (Å²) in [6.45, 7) is 16.2. The molecule has 372 valence electrons. The quantitative estimate of drug-likeness (QED) is 0.141. The van der Waals surface area contributed by atoms with E-state index < -0.39 is 128 Å². The molecule has 4 saturated carbocycles. The molecule has 23 atom stereocenters. The van der Waals surface area contributed by atoms with Crippen LogP contribution in [0.3, 0.4) is 0 Å². The van der Waals surface area contributed by atoms with Gasteiger partial charge in [-0.05, 0) is 91.8 Å². The van der Waals surface area contributed by atoms with E-state index >= 15 is 0 Å². The van der Waals surface area contributed by atoms with Crippen molar-refractivity contribution >= 4 is 0 Å². The molecule has 0 aromatic heterocycles. The van der Waals surface area contributed by atoms with E-state index in [1.54, 1.807) is 0 Å². The summed E-state index contributed by atoms with van der Waals surface area (Å²) in [5.41, 5.74) is 0.933. The highest BCUT2D eigenvalue weighted by molar-refractivity contribution is 5.46. The Balaban J connectivity index is 1.04. The lowest BCUT2D eigenvalue weighted by Crippen LogP contribution is -2.66. The maximum atomic E-state index is 12.1. The molecule has 8 rings (SSSR count). The molecule has 3 heterocycles. The van der Waals surface area contributed by atoms with Gasteiger partial charge in [-0.15, -0.1) is 0 Å². The molecule has 17 nitrogen and oxygen atoms in total. The summed E-state index contributed by atoms with van der Waals surface area (Å²) in [6.07, 6.45) is -13.3. The normalized spacial score (nSPS) is 54.0. The van der Waals surface area contributed by atoms with Crippen LogP contribution in [0.1, 0.15) is 107 Å². The summed E-state index contributed by atoms with van der Waals surface area (Å²) in [5, 5.41) is 119. The maximum Gasteiger partial charge on any atom is 0.187 e. The Bertz CT molecular complexity index is 1790. The first-order chi connectivity index (χ1) is 30.3. The van der Waals surface area contributed by atoms with Gasteiger partial charge in [0.25, 0.3) is 0 Å². The predicted octanol–water partition coefficient (Wildman–Crippen LogP) is 0.532. The molecule has 0 amide bonds. The van der Waals surface area contributed by atoms with Gasteiger partial charge in [0.05, 0.1) is 38.1 Å². The van der Waals surface area contributed by atoms with E-state index in [9.17, 15) is 56.2 Å². The number of fused-ring (bicyclic) bond motifs is 7. The van der Waals surface area contributed by atoms with Crippen LogP contribution in [0.15, 0.2) is 23.3 Å². The zero-order valence-corrected chi connectivity index (χ0v) is 39.3. The van der Waals surface area contributed by atoms with E-state index in [4.69, 9.17) is 28.4 Å². The average Bonchev–Trinajstić information content (AvgIpc) is 3.24. The molecule has 3 aliphatic heterocycles. The molecular weight excluding hydrogens is 849 g/mol. The number of aliphatic hydroxyl groups excluding tert-OH is 11. The van der Waals surface area contributed by atoms with Crippen molar-refractivity contribution in [3.63, 3.8) is 0 Å². The molecule has 0 bridgehead atoms. The molecule has 3 saturated heterocycles. The second kappa shape index (κ2) is 17.6. The van der Waals surface area contributed by atoms with Gasteiger partial charge in [-0.25, -0.2) is 0 Å². The van der Waals surface area contributed by atoms with Crippen LogP contribution >= 0.6 is 0 Å². The first kappa shape index (κ1) is 50.2. The minimum atomic E-state index is -1.76. The molecule has 65 heavy (non-hydrogen) atoms. The summed E-state index contributed by atoms with van der Waals surface area (Å²) < 4.78 is 36.2. The number of aliphatic hydroxyl groups is 11. The van der Waals surface area contributed by atoms with Crippen LogP contribution < -0.4 is 0 Å². The number of hydrogen-bond acceptors (Lipinski definition) is 17. The summed E-state index contributed by atoms with van der Waals surface area (Å²) in [5.74, 6) is 0.189. The lowest BCUT2D eigenvalue weighted by Gasteiger charge is -2.69. The largest absolute Gasteiger partial charge is 0.396 e. The second-order valence-corrected chi connectivity index (χ2v) is 23.2. The third-order valence-corrected chi connectivity index (χ3v) is 18.8. The molecule has 0 aromatic carbocycles. The van der Waals surface area contributed by atoms with Crippen LogP contribution in [0.2, 0.25) is 0 Å². The molecule has 7 fully saturated rings. The summed E-state index contributed by atoms with van der Waals surface area (Å²) >= 11 is 0. The highest BCUT2D eigenvalue weighted by Gasteiger charge is 2.68. The number of hydrogen-bond donors (Lipinski definition) is 11. The zero-order chi connectivity index (χ0) is 47.6. The van der Waals surface area contributed by atoms with Crippen LogP contribution in [0.4, 0.5) is 0 Å². The molecule has 0 spiro atoms. The number of ether oxygens (including phenoxy) is 6. The second-order valence-electron chi connectivity index (χ2n) is 23.2. The third kappa shape index (κ3) is 7.87. The van der Waals surface area contributed by atoms with Crippen molar-refractivity contribution in [3.8, 4) is 0 Å².